The number of carbonyl (C=O) groups is 1. The monoisotopic (exact) mass is 207 g/mol. The van der Waals surface area contributed by atoms with Crippen molar-refractivity contribution in [3.05, 3.63) is 30.6 Å². The molecule has 1 fully saturated rings. The van der Waals surface area contributed by atoms with Crippen LogP contribution in [0.1, 0.15) is 6.92 Å². The molecule has 0 bridgehead atoms. The molecule has 0 spiro atoms. The largest absolute Gasteiger partial charge is 0.340 e. The summed E-state index contributed by atoms with van der Waals surface area (Å²) in [4.78, 5) is 16.3. The summed E-state index contributed by atoms with van der Waals surface area (Å²) in [5.74, 6) is 0.191. The van der Waals surface area contributed by atoms with E-state index in [0.717, 1.165) is 26.2 Å². The summed E-state index contributed by atoms with van der Waals surface area (Å²) in [6, 6.07) is 5.72. The van der Waals surface area contributed by atoms with Crippen molar-refractivity contribution in [2.24, 2.45) is 0 Å². The first-order valence-corrected chi connectivity index (χ1v) is 5.12. The zero-order valence-electron chi connectivity index (χ0n) is 9.02. The van der Waals surface area contributed by atoms with Crippen LogP contribution in [0.5, 0.6) is 0 Å². The lowest BCUT2D eigenvalue weighted by atomic mass is 10.4. The van der Waals surface area contributed by atoms with Gasteiger partial charge in [0.05, 0.1) is 0 Å². The minimum Gasteiger partial charge on any atom is -0.340 e. The number of carbonyl (C=O) groups excluding carboxylic acids is 1. The smallest absolute Gasteiger partial charge is 0.219 e. The number of pyridine rings is 1. The number of amides is 1. The molecule has 82 valence electrons. The van der Waals surface area contributed by atoms with Crippen molar-refractivity contribution in [3.63, 3.8) is 0 Å². The Morgan fingerprint density at radius 3 is 2.07 bits per heavy atom. The van der Waals surface area contributed by atoms with E-state index in [2.05, 4.69) is 10.3 Å². The molecule has 1 aromatic heterocycles. The summed E-state index contributed by atoms with van der Waals surface area (Å²) in [5, 5.41) is 3.18. The summed E-state index contributed by atoms with van der Waals surface area (Å²) in [5.41, 5.74) is 0. The minimum atomic E-state index is 0.191. The van der Waals surface area contributed by atoms with Gasteiger partial charge in [-0.1, -0.05) is 6.07 Å². The highest BCUT2D eigenvalue weighted by atomic mass is 16.2. The van der Waals surface area contributed by atoms with Crippen molar-refractivity contribution in [3.8, 4) is 0 Å². The average molecular weight is 207 g/mol. The molecule has 0 saturated carbocycles. The molecule has 0 unspecified atom stereocenters. The summed E-state index contributed by atoms with van der Waals surface area (Å²) in [6.45, 7) is 5.25. The third kappa shape index (κ3) is 5.12. The Morgan fingerprint density at radius 2 is 1.80 bits per heavy atom. The number of rotatable bonds is 0. The molecule has 1 aliphatic rings. The summed E-state index contributed by atoms with van der Waals surface area (Å²) >= 11 is 0. The first-order chi connectivity index (χ1) is 7.30. The van der Waals surface area contributed by atoms with E-state index in [-0.39, 0.29) is 5.91 Å². The van der Waals surface area contributed by atoms with Gasteiger partial charge in [-0.3, -0.25) is 9.78 Å². The van der Waals surface area contributed by atoms with E-state index in [1.165, 1.54) is 0 Å². The van der Waals surface area contributed by atoms with E-state index < -0.39 is 0 Å². The van der Waals surface area contributed by atoms with Crippen LogP contribution in [0.15, 0.2) is 30.6 Å². The average Bonchev–Trinajstić information content (AvgIpc) is 2.33. The van der Waals surface area contributed by atoms with Crippen LogP contribution in [0, 0.1) is 0 Å². The molecule has 0 atom stereocenters. The van der Waals surface area contributed by atoms with Gasteiger partial charge in [0.25, 0.3) is 0 Å². The predicted molar refractivity (Wildman–Crippen MR) is 59.4 cm³/mol. The normalized spacial score (nSPS) is 15.1. The Morgan fingerprint density at radius 1 is 1.20 bits per heavy atom. The predicted octanol–water partition coefficient (Wildman–Crippen LogP) is 0.520. The van der Waals surface area contributed by atoms with Crippen LogP contribution >= 0.6 is 0 Å². The molecule has 1 aromatic rings. The zero-order chi connectivity index (χ0) is 10.9. The lowest BCUT2D eigenvalue weighted by Crippen LogP contribution is -2.45. The van der Waals surface area contributed by atoms with Gasteiger partial charge in [-0.15, -0.1) is 0 Å². The third-order valence-corrected chi connectivity index (χ3v) is 2.13. The van der Waals surface area contributed by atoms with Crippen molar-refractivity contribution in [1.29, 1.82) is 0 Å². The highest BCUT2D eigenvalue weighted by Gasteiger charge is 2.10. The second kappa shape index (κ2) is 6.95. The van der Waals surface area contributed by atoms with Crippen LogP contribution < -0.4 is 5.32 Å². The molecule has 1 amide bonds. The molecule has 4 nitrogen and oxygen atoms in total. The van der Waals surface area contributed by atoms with E-state index in [1.807, 2.05) is 23.1 Å². The van der Waals surface area contributed by atoms with Crippen LogP contribution in [-0.4, -0.2) is 42.0 Å². The fraction of sp³-hybridized carbons (Fsp3) is 0.455. The van der Waals surface area contributed by atoms with E-state index in [1.54, 1.807) is 19.3 Å². The Hall–Kier alpha value is -1.42. The maximum atomic E-state index is 10.7. The van der Waals surface area contributed by atoms with Gasteiger partial charge in [0.2, 0.25) is 5.91 Å². The molecule has 0 radical (unpaired) electrons. The van der Waals surface area contributed by atoms with Gasteiger partial charge in [0, 0.05) is 45.5 Å². The molecular formula is C11H17N3O. The Balaban J connectivity index is 0.000000162. The van der Waals surface area contributed by atoms with Crippen molar-refractivity contribution in [2.75, 3.05) is 26.2 Å². The minimum absolute atomic E-state index is 0.191. The van der Waals surface area contributed by atoms with E-state index >= 15 is 0 Å². The second-order valence-corrected chi connectivity index (χ2v) is 3.28. The van der Waals surface area contributed by atoms with Gasteiger partial charge in [0.1, 0.15) is 0 Å². The SMILES string of the molecule is CC(=O)N1CCNCC1.c1ccncc1. The number of hydrogen-bond donors (Lipinski definition) is 1. The maximum absolute atomic E-state index is 10.7. The highest BCUT2D eigenvalue weighted by Crippen LogP contribution is 1.90. The van der Waals surface area contributed by atoms with Gasteiger partial charge in [-0.2, -0.15) is 0 Å². The fourth-order valence-electron chi connectivity index (χ4n) is 1.29. The number of aromatic nitrogens is 1. The van der Waals surface area contributed by atoms with Crippen molar-refractivity contribution < 1.29 is 4.79 Å². The number of piperazine rings is 1. The van der Waals surface area contributed by atoms with E-state index in [9.17, 15) is 4.79 Å². The quantitative estimate of drug-likeness (QED) is 0.674. The van der Waals surface area contributed by atoms with E-state index in [4.69, 9.17) is 0 Å². The molecule has 2 rings (SSSR count). The van der Waals surface area contributed by atoms with Gasteiger partial charge in [-0.05, 0) is 12.1 Å². The van der Waals surface area contributed by atoms with E-state index in [0.29, 0.717) is 0 Å². The summed E-state index contributed by atoms with van der Waals surface area (Å²) in [6.07, 6.45) is 3.50. The van der Waals surface area contributed by atoms with Crippen LogP contribution in [-0.2, 0) is 4.79 Å². The van der Waals surface area contributed by atoms with Crippen molar-refractivity contribution >= 4 is 5.91 Å². The van der Waals surface area contributed by atoms with Gasteiger partial charge in [0.15, 0.2) is 0 Å². The van der Waals surface area contributed by atoms with Gasteiger partial charge < -0.3 is 10.2 Å². The van der Waals surface area contributed by atoms with Gasteiger partial charge in [-0.25, -0.2) is 0 Å². The van der Waals surface area contributed by atoms with Crippen LogP contribution in [0.4, 0.5) is 0 Å². The molecule has 4 heteroatoms. The molecule has 1 N–H and O–H groups in total. The van der Waals surface area contributed by atoms with Crippen LogP contribution in [0.2, 0.25) is 0 Å². The first kappa shape index (κ1) is 11.7. The molecule has 1 saturated heterocycles. The van der Waals surface area contributed by atoms with Crippen LogP contribution in [0.3, 0.4) is 0 Å². The Bertz CT molecular complexity index is 244. The number of nitrogens with one attached hydrogen (secondary N) is 1. The highest BCUT2D eigenvalue weighted by molar-refractivity contribution is 5.73. The molecule has 2 heterocycles. The Labute approximate surface area is 90.3 Å². The summed E-state index contributed by atoms with van der Waals surface area (Å²) < 4.78 is 0. The first-order valence-electron chi connectivity index (χ1n) is 5.12. The molecule has 1 aliphatic heterocycles. The zero-order valence-corrected chi connectivity index (χ0v) is 9.02. The molecule has 0 aliphatic carbocycles. The Kier molecular flexibility index (Phi) is 5.40. The second-order valence-electron chi connectivity index (χ2n) is 3.28. The molecular weight excluding hydrogens is 190 g/mol. The number of nitrogens with zero attached hydrogens (tertiary/aromatic N) is 2. The van der Waals surface area contributed by atoms with Gasteiger partial charge >= 0.3 is 0 Å². The molecule has 15 heavy (non-hydrogen) atoms. The lowest BCUT2D eigenvalue weighted by molar-refractivity contribution is -0.129. The summed E-state index contributed by atoms with van der Waals surface area (Å²) in [7, 11) is 0. The standard InChI is InChI=1S/C6H12N2O.C5H5N/c1-6(9)8-4-2-7-3-5-8;1-2-4-6-5-3-1/h7H,2-5H2,1H3;1-5H. The van der Waals surface area contributed by atoms with Crippen LogP contribution in [0.25, 0.3) is 0 Å². The topological polar surface area (TPSA) is 45.2 Å². The fourth-order valence-corrected chi connectivity index (χ4v) is 1.29. The van der Waals surface area contributed by atoms with Crippen molar-refractivity contribution in [1.82, 2.24) is 15.2 Å². The third-order valence-electron chi connectivity index (χ3n) is 2.13. The van der Waals surface area contributed by atoms with Crippen molar-refractivity contribution in [2.45, 2.75) is 6.92 Å². The number of hydrogen-bond acceptors (Lipinski definition) is 3. The molecule has 0 aromatic carbocycles. The maximum Gasteiger partial charge on any atom is 0.219 e. The lowest BCUT2D eigenvalue weighted by Gasteiger charge is -2.25.